The molecule has 4 rings (SSSR count). The summed E-state index contributed by atoms with van der Waals surface area (Å²) in [6.45, 7) is 1.38. The lowest BCUT2D eigenvalue weighted by atomic mass is 10.2. The zero-order chi connectivity index (χ0) is 20.2. The number of carbonyl (C=O) groups excluding carboxylic acids is 2. The molecule has 1 aliphatic heterocycles. The van der Waals surface area contributed by atoms with Crippen molar-refractivity contribution in [3.63, 3.8) is 0 Å². The SMILES string of the molecule is O=C(NCC#Cc1ccc(N2CCNC2=O)cc1)c1cc(=O)c2ccccc2o1. The largest absolute Gasteiger partial charge is 0.451 e. The standard InChI is InChI=1S/C22H17N3O4/c26-18-14-20(29-19-6-2-1-5-17(18)19)21(27)23-11-3-4-15-7-9-16(10-8-15)25-13-12-24-22(25)28/h1-2,5-10,14H,11-13H2,(H,23,27)(H,24,28). The fraction of sp³-hybridized carbons (Fsp3) is 0.136. The molecule has 0 aliphatic carbocycles. The Labute approximate surface area is 166 Å². The molecule has 1 aromatic heterocycles. The predicted molar refractivity (Wildman–Crippen MR) is 109 cm³/mol. The van der Waals surface area contributed by atoms with Gasteiger partial charge in [-0.1, -0.05) is 24.0 Å². The Morgan fingerprint density at radius 3 is 2.69 bits per heavy atom. The summed E-state index contributed by atoms with van der Waals surface area (Å²) in [5.41, 5.74) is 1.67. The third-order valence-corrected chi connectivity index (χ3v) is 4.46. The van der Waals surface area contributed by atoms with Crippen LogP contribution in [-0.4, -0.2) is 31.6 Å². The van der Waals surface area contributed by atoms with E-state index in [-0.39, 0.29) is 23.8 Å². The van der Waals surface area contributed by atoms with E-state index in [9.17, 15) is 14.4 Å². The molecule has 3 aromatic rings. The molecule has 0 atom stereocenters. The molecule has 2 aromatic carbocycles. The minimum absolute atomic E-state index is 0.0521. The molecule has 2 heterocycles. The van der Waals surface area contributed by atoms with Crippen LogP contribution in [0.25, 0.3) is 11.0 Å². The van der Waals surface area contributed by atoms with Crippen molar-refractivity contribution in [2.24, 2.45) is 0 Å². The summed E-state index contributed by atoms with van der Waals surface area (Å²) in [7, 11) is 0. The average molecular weight is 387 g/mol. The van der Waals surface area contributed by atoms with E-state index in [0.717, 1.165) is 11.3 Å². The van der Waals surface area contributed by atoms with E-state index in [1.54, 1.807) is 29.2 Å². The van der Waals surface area contributed by atoms with E-state index in [4.69, 9.17) is 4.42 Å². The third-order valence-electron chi connectivity index (χ3n) is 4.46. The molecule has 144 valence electrons. The summed E-state index contributed by atoms with van der Waals surface area (Å²) in [5.74, 6) is 5.25. The second kappa shape index (κ2) is 7.90. The molecule has 2 N–H and O–H groups in total. The summed E-state index contributed by atoms with van der Waals surface area (Å²) >= 11 is 0. The number of hydrogen-bond acceptors (Lipinski definition) is 4. The van der Waals surface area contributed by atoms with Crippen LogP contribution in [0.15, 0.2) is 63.8 Å². The van der Waals surface area contributed by atoms with Crippen molar-refractivity contribution in [3.05, 3.63) is 76.1 Å². The zero-order valence-corrected chi connectivity index (χ0v) is 15.4. The second-order valence-electron chi connectivity index (χ2n) is 6.39. The van der Waals surface area contributed by atoms with Crippen molar-refractivity contribution in [3.8, 4) is 11.8 Å². The van der Waals surface area contributed by atoms with Gasteiger partial charge in [-0.05, 0) is 36.4 Å². The van der Waals surface area contributed by atoms with Crippen LogP contribution < -0.4 is 21.0 Å². The predicted octanol–water partition coefficient (Wildman–Crippen LogP) is 2.10. The quantitative estimate of drug-likeness (QED) is 0.674. The molecule has 7 nitrogen and oxygen atoms in total. The number of hydrogen-bond donors (Lipinski definition) is 2. The number of para-hydroxylation sites is 1. The first kappa shape index (κ1) is 18.3. The van der Waals surface area contributed by atoms with Gasteiger partial charge in [0.25, 0.3) is 5.91 Å². The first-order valence-corrected chi connectivity index (χ1v) is 9.07. The highest BCUT2D eigenvalue weighted by Gasteiger charge is 2.20. The molecule has 29 heavy (non-hydrogen) atoms. The zero-order valence-electron chi connectivity index (χ0n) is 15.4. The van der Waals surface area contributed by atoms with Crippen molar-refractivity contribution in [1.29, 1.82) is 0 Å². The van der Waals surface area contributed by atoms with Crippen LogP contribution in [0, 0.1) is 11.8 Å². The number of carbonyl (C=O) groups is 2. The monoisotopic (exact) mass is 387 g/mol. The summed E-state index contributed by atoms with van der Waals surface area (Å²) < 4.78 is 5.49. The van der Waals surface area contributed by atoms with Gasteiger partial charge in [0.05, 0.1) is 11.9 Å². The number of nitrogens with one attached hydrogen (secondary N) is 2. The smallest absolute Gasteiger partial charge is 0.321 e. The molecular formula is C22H17N3O4. The fourth-order valence-electron chi connectivity index (χ4n) is 3.02. The van der Waals surface area contributed by atoms with Gasteiger partial charge in [-0.3, -0.25) is 14.5 Å². The van der Waals surface area contributed by atoms with E-state index >= 15 is 0 Å². The highest BCUT2D eigenvalue weighted by Crippen LogP contribution is 2.16. The van der Waals surface area contributed by atoms with E-state index in [0.29, 0.717) is 24.1 Å². The maximum absolute atomic E-state index is 12.2. The van der Waals surface area contributed by atoms with Gasteiger partial charge in [0, 0.05) is 30.4 Å². The van der Waals surface area contributed by atoms with Crippen molar-refractivity contribution in [2.75, 3.05) is 24.5 Å². The van der Waals surface area contributed by atoms with Gasteiger partial charge in [0.2, 0.25) is 0 Å². The van der Waals surface area contributed by atoms with E-state index in [1.165, 1.54) is 6.07 Å². The lowest BCUT2D eigenvalue weighted by Gasteiger charge is -2.13. The minimum atomic E-state index is -0.502. The van der Waals surface area contributed by atoms with Gasteiger partial charge in [-0.25, -0.2) is 4.79 Å². The first-order chi connectivity index (χ1) is 14.1. The molecule has 0 radical (unpaired) electrons. The van der Waals surface area contributed by atoms with Gasteiger partial charge in [0.15, 0.2) is 11.2 Å². The van der Waals surface area contributed by atoms with Gasteiger partial charge in [-0.2, -0.15) is 0 Å². The Balaban J connectivity index is 1.38. The number of rotatable bonds is 3. The fourth-order valence-corrected chi connectivity index (χ4v) is 3.02. The lowest BCUT2D eigenvalue weighted by molar-refractivity contribution is 0.0931. The average Bonchev–Trinajstić information content (AvgIpc) is 3.17. The van der Waals surface area contributed by atoms with Gasteiger partial charge in [0.1, 0.15) is 5.58 Å². The van der Waals surface area contributed by atoms with Crippen LogP contribution in [0.2, 0.25) is 0 Å². The maximum Gasteiger partial charge on any atom is 0.321 e. The Hall–Kier alpha value is -4.05. The summed E-state index contributed by atoms with van der Waals surface area (Å²) in [6, 6.07) is 15.1. The van der Waals surface area contributed by atoms with E-state index < -0.39 is 5.91 Å². The van der Waals surface area contributed by atoms with Crippen molar-refractivity contribution in [2.45, 2.75) is 0 Å². The summed E-state index contributed by atoms with van der Waals surface area (Å²) in [5, 5.41) is 5.80. The van der Waals surface area contributed by atoms with Crippen molar-refractivity contribution >= 4 is 28.6 Å². The van der Waals surface area contributed by atoms with E-state index in [2.05, 4.69) is 22.5 Å². The normalized spacial score (nSPS) is 13.0. The van der Waals surface area contributed by atoms with Crippen LogP contribution in [0.3, 0.4) is 0 Å². The third kappa shape index (κ3) is 3.96. The number of benzene rings is 2. The maximum atomic E-state index is 12.2. The number of nitrogens with zero attached hydrogens (tertiary/aromatic N) is 1. The van der Waals surface area contributed by atoms with Gasteiger partial charge >= 0.3 is 6.03 Å². The molecule has 1 saturated heterocycles. The van der Waals surface area contributed by atoms with Crippen molar-refractivity contribution < 1.29 is 14.0 Å². The highest BCUT2D eigenvalue weighted by atomic mass is 16.3. The van der Waals surface area contributed by atoms with Crippen LogP contribution >= 0.6 is 0 Å². The van der Waals surface area contributed by atoms with Crippen LogP contribution in [0.4, 0.5) is 10.5 Å². The van der Waals surface area contributed by atoms with Crippen LogP contribution in [0.5, 0.6) is 0 Å². The van der Waals surface area contributed by atoms with Crippen LogP contribution in [0.1, 0.15) is 16.1 Å². The van der Waals surface area contributed by atoms with E-state index in [1.807, 2.05) is 24.3 Å². The molecule has 1 fully saturated rings. The lowest BCUT2D eigenvalue weighted by Crippen LogP contribution is -2.27. The molecule has 1 aliphatic rings. The number of fused-ring (bicyclic) bond motifs is 1. The highest BCUT2D eigenvalue weighted by molar-refractivity contribution is 5.94. The number of anilines is 1. The summed E-state index contributed by atoms with van der Waals surface area (Å²) in [6.07, 6.45) is 0. The second-order valence-corrected chi connectivity index (χ2v) is 6.39. The molecular weight excluding hydrogens is 370 g/mol. The van der Waals surface area contributed by atoms with Crippen LogP contribution in [-0.2, 0) is 0 Å². The molecule has 0 spiro atoms. The minimum Gasteiger partial charge on any atom is -0.451 e. The molecule has 0 saturated carbocycles. The van der Waals surface area contributed by atoms with Gasteiger partial charge < -0.3 is 15.1 Å². The molecule has 7 heteroatoms. The Bertz CT molecular complexity index is 1200. The number of urea groups is 1. The number of amides is 3. The van der Waals surface area contributed by atoms with Gasteiger partial charge in [-0.15, -0.1) is 0 Å². The topological polar surface area (TPSA) is 91.7 Å². The Morgan fingerprint density at radius 2 is 1.93 bits per heavy atom. The van der Waals surface area contributed by atoms with Crippen molar-refractivity contribution in [1.82, 2.24) is 10.6 Å². The Morgan fingerprint density at radius 1 is 1.14 bits per heavy atom. The molecule has 0 unspecified atom stereocenters. The molecule has 0 bridgehead atoms. The summed E-state index contributed by atoms with van der Waals surface area (Å²) in [4.78, 5) is 37.6. The Kier molecular flexibility index (Phi) is 4.99. The first-order valence-electron chi connectivity index (χ1n) is 9.07. The molecule has 3 amide bonds.